The molecule has 0 unspecified atom stereocenters. The smallest absolute Gasteiger partial charge is 0.306 e. The van der Waals surface area contributed by atoms with E-state index in [0.717, 1.165) is 32.1 Å². The maximum Gasteiger partial charge on any atom is 0.306 e. The Labute approximate surface area is 296 Å². The summed E-state index contributed by atoms with van der Waals surface area (Å²) < 4.78 is 10.7. The van der Waals surface area contributed by atoms with Crippen molar-refractivity contribution in [2.75, 3.05) is 13.2 Å². The third-order valence-corrected chi connectivity index (χ3v) is 9.62. The van der Waals surface area contributed by atoms with Crippen LogP contribution in [-0.2, 0) is 19.1 Å². The number of hydrogen-bond donors (Lipinski definition) is 3. The van der Waals surface area contributed by atoms with Gasteiger partial charge in [-0.3, -0.25) is 9.59 Å². The number of ether oxygens (including phenoxy) is 2. The van der Waals surface area contributed by atoms with Crippen molar-refractivity contribution in [2.45, 2.75) is 238 Å². The quantitative estimate of drug-likeness (QED) is 0.0438. The summed E-state index contributed by atoms with van der Waals surface area (Å²) in [7, 11) is 0. The molecule has 0 heterocycles. The van der Waals surface area contributed by atoms with Crippen LogP contribution in [0.1, 0.15) is 219 Å². The first-order valence-electron chi connectivity index (χ1n) is 20.8. The molecule has 7 nitrogen and oxygen atoms in total. The zero-order chi connectivity index (χ0) is 35.3. The first-order chi connectivity index (χ1) is 23.5. The average molecular weight is 685 g/mol. The lowest BCUT2D eigenvalue weighted by Gasteiger charge is -2.25. The van der Waals surface area contributed by atoms with Crippen LogP contribution in [-0.4, -0.2) is 58.8 Å². The molecule has 48 heavy (non-hydrogen) atoms. The van der Waals surface area contributed by atoms with Gasteiger partial charge in [0.15, 0.2) is 6.10 Å². The van der Waals surface area contributed by atoms with Crippen molar-refractivity contribution in [3.8, 4) is 0 Å². The molecule has 0 aromatic heterocycles. The Bertz CT molecular complexity index is 686. The van der Waals surface area contributed by atoms with E-state index in [1.165, 1.54) is 154 Å². The Morgan fingerprint density at radius 3 is 1.06 bits per heavy atom. The average Bonchev–Trinajstić information content (AvgIpc) is 3.09. The molecule has 0 fully saturated rings. The van der Waals surface area contributed by atoms with Gasteiger partial charge in [0.1, 0.15) is 18.8 Å². The van der Waals surface area contributed by atoms with Gasteiger partial charge < -0.3 is 24.8 Å². The number of rotatable bonds is 38. The van der Waals surface area contributed by atoms with E-state index >= 15 is 0 Å². The van der Waals surface area contributed by atoms with Gasteiger partial charge in [-0.15, -0.1) is 0 Å². The molecule has 0 aliphatic heterocycles. The highest BCUT2D eigenvalue weighted by Gasteiger charge is 2.30. The standard InChI is InChI=1S/C41H80O7/c1-3-5-7-9-11-13-15-17-19-21-23-25-27-29-31-33-39(44)47-36-38(41(46)37(43)35-42)48-40(45)34-32-30-28-26-24-22-20-18-16-14-12-10-8-6-4-2/h37-38,41-43,46H,3-36H2,1-2H3/t37-,38+,41+/m1/s1. The van der Waals surface area contributed by atoms with Crippen molar-refractivity contribution in [2.24, 2.45) is 0 Å². The molecule has 3 atom stereocenters. The van der Waals surface area contributed by atoms with Crippen molar-refractivity contribution in [3.05, 3.63) is 0 Å². The van der Waals surface area contributed by atoms with Crippen LogP contribution in [0.2, 0.25) is 0 Å². The normalized spacial score (nSPS) is 13.4. The number of esters is 2. The first kappa shape index (κ1) is 46.8. The molecule has 0 aliphatic carbocycles. The van der Waals surface area contributed by atoms with Crippen LogP contribution in [0, 0.1) is 0 Å². The number of aliphatic hydroxyl groups is 3. The zero-order valence-electron chi connectivity index (χ0n) is 31.7. The minimum Gasteiger partial charge on any atom is -0.462 e. The predicted octanol–water partition coefficient (Wildman–Crippen LogP) is 10.7. The van der Waals surface area contributed by atoms with Gasteiger partial charge >= 0.3 is 11.9 Å². The summed E-state index contributed by atoms with van der Waals surface area (Å²) in [4.78, 5) is 24.8. The van der Waals surface area contributed by atoms with E-state index in [0.29, 0.717) is 6.42 Å². The predicted molar refractivity (Wildman–Crippen MR) is 199 cm³/mol. The van der Waals surface area contributed by atoms with Crippen molar-refractivity contribution in [1.29, 1.82) is 0 Å². The van der Waals surface area contributed by atoms with Crippen molar-refractivity contribution in [3.63, 3.8) is 0 Å². The van der Waals surface area contributed by atoms with Crippen molar-refractivity contribution >= 4 is 11.9 Å². The molecule has 0 amide bonds. The minimum absolute atomic E-state index is 0.212. The summed E-state index contributed by atoms with van der Waals surface area (Å²) in [5.41, 5.74) is 0. The molecule has 3 N–H and O–H groups in total. The monoisotopic (exact) mass is 685 g/mol. The van der Waals surface area contributed by atoms with Crippen LogP contribution in [0.5, 0.6) is 0 Å². The fourth-order valence-corrected chi connectivity index (χ4v) is 6.31. The van der Waals surface area contributed by atoms with E-state index in [9.17, 15) is 24.9 Å². The summed E-state index contributed by atoms with van der Waals surface area (Å²) in [6.07, 6.45) is 33.7. The molecule has 0 aromatic carbocycles. The van der Waals surface area contributed by atoms with E-state index in [-0.39, 0.29) is 19.4 Å². The molecule has 0 saturated carbocycles. The van der Waals surface area contributed by atoms with Crippen molar-refractivity contribution < 1.29 is 34.4 Å². The molecule has 0 aromatic rings. The molecule has 0 spiro atoms. The number of hydrogen-bond acceptors (Lipinski definition) is 7. The highest BCUT2D eigenvalue weighted by molar-refractivity contribution is 5.70. The Balaban J connectivity index is 3.91. The maximum absolute atomic E-state index is 12.5. The summed E-state index contributed by atoms with van der Waals surface area (Å²) >= 11 is 0. The molecule has 286 valence electrons. The SMILES string of the molecule is CCCCCCCCCCCCCCCCCC(=O)OC[C@H](OC(=O)CCCCCCCCCCCCCCCCC)[C@@H](O)[C@H](O)CO. The molecular formula is C41H80O7. The lowest BCUT2D eigenvalue weighted by atomic mass is 10.0. The van der Waals surface area contributed by atoms with Crippen molar-refractivity contribution in [1.82, 2.24) is 0 Å². The van der Waals surface area contributed by atoms with E-state index < -0.39 is 36.9 Å². The third-order valence-electron chi connectivity index (χ3n) is 9.62. The van der Waals surface area contributed by atoms with Gasteiger partial charge in [-0.25, -0.2) is 0 Å². The van der Waals surface area contributed by atoms with Gasteiger partial charge in [0.05, 0.1) is 6.61 Å². The van der Waals surface area contributed by atoms with E-state index in [1.807, 2.05) is 0 Å². The molecule has 0 aliphatic rings. The fourth-order valence-electron chi connectivity index (χ4n) is 6.31. The Morgan fingerprint density at radius 2 is 0.750 bits per heavy atom. The van der Waals surface area contributed by atoms with Crippen LogP contribution < -0.4 is 0 Å². The number of carbonyl (C=O) groups excluding carboxylic acids is 2. The number of unbranched alkanes of at least 4 members (excludes halogenated alkanes) is 28. The van der Waals surface area contributed by atoms with E-state index in [1.54, 1.807) is 0 Å². The third kappa shape index (κ3) is 32.0. The van der Waals surface area contributed by atoms with Gasteiger partial charge in [-0.1, -0.05) is 194 Å². The Morgan fingerprint density at radius 1 is 0.458 bits per heavy atom. The molecule has 0 radical (unpaired) electrons. The molecule has 0 rings (SSSR count). The van der Waals surface area contributed by atoms with Crippen LogP contribution >= 0.6 is 0 Å². The van der Waals surface area contributed by atoms with Gasteiger partial charge in [0.25, 0.3) is 0 Å². The molecule has 0 bridgehead atoms. The molecule has 0 saturated heterocycles. The summed E-state index contributed by atoms with van der Waals surface area (Å²) in [6.45, 7) is 3.51. The highest BCUT2D eigenvalue weighted by atomic mass is 16.6. The van der Waals surface area contributed by atoms with E-state index in [2.05, 4.69) is 13.8 Å². The molecular weight excluding hydrogens is 604 g/mol. The van der Waals surface area contributed by atoms with Crippen LogP contribution in [0.25, 0.3) is 0 Å². The van der Waals surface area contributed by atoms with Gasteiger partial charge in [0, 0.05) is 12.8 Å². The second-order valence-electron chi connectivity index (χ2n) is 14.4. The van der Waals surface area contributed by atoms with Gasteiger partial charge in [0.2, 0.25) is 0 Å². The van der Waals surface area contributed by atoms with Crippen LogP contribution in [0.3, 0.4) is 0 Å². The minimum atomic E-state index is -1.53. The van der Waals surface area contributed by atoms with Gasteiger partial charge in [-0.05, 0) is 12.8 Å². The summed E-state index contributed by atoms with van der Waals surface area (Å²) in [6, 6.07) is 0. The summed E-state index contributed by atoms with van der Waals surface area (Å²) in [5.74, 6) is -0.892. The highest BCUT2D eigenvalue weighted by Crippen LogP contribution is 2.16. The van der Waals surface area contributed by atoms with Gasteiger partial charge in [-0.2, -0.15) is 0 Å². The molecule has 7 heteroatoms. The Hall–Kier alpha value is -1.18. The van der Waals surface area contributed by atoms with E-state index in [4.69, 9.17) is 9.47 Å². The lowest BCUT2D eigenvalue weighted by molar-refractivity contribution is -0.173. The fraction of sp³-hybridized carbons (Fsp3) is 0.951. The first-order valence-corrected chi connectivity index (χ1v) is 20.8. The summed E-state index contributed by atoms with van der Waals surface area (Å²) in [5, 5.41) is 29.6. The lowest BCUT2D eigenvalue weighted by Crippen LogP contribution is -2.44. The maximum atomic E-state index is 12.5. The zero-order valence-corrected chi connectivity index (χ0v) is 31.7. The number of carbonyl (C=O) groups is 2. The Kier molecular flexibility index (Phi) is 36.2. The second-order valence-corrected chi connectivity index (χ2v) is 14.4. The number of aliphatic hydroxyl groups excluding tert-OH is 3. The van der Waals surface area contributed by atoms with Crippen LogP contribution in [0.15, 0.2) is 0 Å². The largest absolute Gasteiger partial charge is 0.462 e. The second kappa shape index (κ2) is 37.1. The topological polar surface area (TPSA) is 113 Å². The van der Waals surface area contributed by atoms with Crippen LogP contribution in [0.4, 0.5) is 0 Å².